The van der Waals surface area contributed by atoms with Crippen LogP contribution in [-0.4, -0.2) is 30.4 Å². The number of benzene rings is 3. The SMILES string of the molecule is COc1ccc(-c2ccc(CO/N=C(/C)c3ccc(CNCCC(=O)O)cc3)cc2)cc1. The van der Waals surface area contributed by atoms with Crippen LogP contribution in [0.25, 0.3) is 11.1 Å². The van der Waals surface area contributed by atoms with Crippen LogP contribution >= 0.6 is 0 Å². The second kappa shape index (κ2) is 11.7. The Labute approximate surface area is 188 Å². The van der Waals surface area contributed by atoms with E-state index in [1.165, 1.54) is 0 Å². The summed E-state index contributed by atoms with van der Waals surface area (Å²) in [6.07, 6.45) is 0.116. The van der Waals surface area contributed by atoms with Gasteiger partial charge in [-0.15, -0.1) is 0 Å². The lowest BCUT2D eigenvalue weighted by atomic mass is 10.0. The Bertz CT molecular complexity index is 1030. The molecule has 0 unspecified atom stereocenters. The summed E-state index contributed by atoms with van der Waals surface area (Å²) in [6.45, 7) is 3.39. The molecule has 2 N–H and O–H groups in total. The summed E-state index contributed by atoms with van der Waals surface area (Å²) in [5.74, 6) is 0.0434. The van der Waals surface area contributed by atoms with Gasteiger partial charge in [0.25, 0.3) is 0 Å². The Hall–Kier alpha value is -3.64. The molecule has 6 heteroatoms. The molecule has 3 aromatic carbocycles. The molecule has 0 bridgehead atoms. The predicted molar refractivity (Wildman–Crippen MR) is 126 cm³/mol. The number of carboxylic acids is 1. The van der Waals surface area contributed by atoms with Gasteiger partial charge in [-0.3, -0.25) is 4.79 Å². The fraction of sp³-hybridized carbons (Fsp3) is 0.231. The number of nitrogens with zero attached hydrogens (tertiary/aromatic N) is 1. The standard InChI is InChI=1S/C26H28N2O4/c1-19(22-7-3-20(4-8-22)17-27-16-15-26(29)30)28-32-18-21-5-9-23(10-6-21)24-11-13-25(31-2)14-12-24/h3-14,27H,15-18H2,1-2H3,(H,29,30)/b28-19-. The molecule has 0 amide bonds. The number of rotatable bonds is 11. The lowest BCUT2D eigenvalue weighted by Crippen LogP contribution is -2.17. The number of hydrogen-bond acceptors (Lipinski definition) is 5. The van der Waals surface area contributed by atoms with Gasteiger partial charge >= 0.3 is 5.97 Å². The Morgan fingerprint density at radius 1 is 0.906 bits per heavy atom. The third kappa shape index (κ3) is 6.96. The quantitative estimate of drug-likeness (QED) is 0.257. The van der Waals surface area contributed by atoms with E-state index in [1.807, 2.05) is 67.6 Å². The van der Waals surface area contributed by atoms with E-state index in [1.54, 1.807) is 7.11 Å². The van der Waals surface area contributed by atoms with Gasteiger partial charge in [-0.2, -0.15) is 0 Å². The van der Waals surface area contributed by atoms with Crippen molar-refractivity contribution in [1.29, 1.82) is 0 Å². The summed E-state index contributed by atoms with van der Waals surface area (Å²) < 4.78 is 5.20. The first kappa shape index (κ1) is 23.0. The topological polar surface area (TPSA) is 80.2 Å². The van der Waals surface area contributed by atoms with Gasteiger partial charge in [0.1, 0.15) is 12.4 Å². The number of carboxylic acid groups (broad SMARTS) is 1. The third-order valence-electron chi connectivity index (χ3n) is 5.03. The molecular formula is C26H28N2O4. The summed E-state index contributed by atoms with van der Waals surface area (Å²) in [5, 5.41) is 16.0. The van der Waals surface area contributed by atoms with E-state index in [4.69, 9.17) is 14.7 Å². The second-order valence-electron chi connectivity index (χ2n) is 7.39. The minimum absolute atomic E-state index is 0.116. The van der Waals surface area contributed by atoms with E-state index in [9.17, 15) is 4.79 Å². The predicted octanol–water partition coefficient (Wildman–Crippen LogP) is 4.87. The highest BCUT2D eigenvalue weighted by Crippen LogP contribution is 2.23. The molecule has 3 rings (SSSR count). The van der Waals surface area contributed by atoms with Gasteiger partial charge in [0.15, 0.2) is 0 Å². The largest absolute Gasteiger partial charge is 0.497 e. The number of methoxy groups -OCH3 is 1. The van der Waals surface area contributed by atoms with Crippen molar-refractivity contribution in [2.24, 2.45) is 5.16 Å². The molecule has 0 aromatic heterocycles. The van der Waals surface area contributed by atoms with Gasteiger partial charge < -0.3 is 20.0 Å². The normalized spacial score (nSPS) is 11.2. The minimum atomic E-state index is -0.798. The lowest BCUT2D eigenvalue weighted by Gasteiger charge is -2.07. The molecule has 0 heterocycles. The molecule has 0 saturated carbocycles. The van der Waals surface area contributed by atoms with Crippen molar-refractivity contribution in [3.05, 3.63) is 89.5 Å². The molecule has 166 valence electrons. The zero-order valence-corrected chi connectivity index (χ0v) is 18.4. The number of hydrogen-bond donors (Lipinski definition) is 2. The van der Waals surface area contributed by atoms with Crippen LogP contribution in [0.5, 0.6) is 5.75 Å². The summed E-state index contributed by atoms with van der Waals surface area (Å²) in [4.78, 5) is 16.1. The maximum Gasteiger partial charge on any atom is 0.304 e. The van der Waals surface area contributed by atoms with Crippen LogP contribution in [-0.2, 0) is 22.8 Å². The van der Waals surface area contributed by atoms with Crippen LogP contribution in [0.1, 0.15) is 30.0 Å². The van der Waals surface area contributed by atoms with Gasteiger partial charge in [-0.25, -0.2) is 0 Å². The lowest BCUT2D eigenvalue weighted by molar-refractivity contribution is -0.136. The Morgan fingerprint density at radius 3 is 2.09 bits per heavy atom. The minimum Gasteiger partial charge on any atom is -0.497 e. The molecule has 6 nitrogen and oxygen atoms in total. The Morgan fingerprint density at radius 2 is 1.50 bits per heavy atom. The van der Waals surface area contributed by atoms with Crippen molar-refractivity contribution in [2.45, 2.75) is 26.5 Å². The molecule has 0 atom stereocenters. The summed E-state index contributed by atoms with van der Waals surface area (Å²) in [7, 11) is 1.66. The summed E-state index contributed by atoms with van der Waals surface area (Å²) in [6, 6.07) is 24.2. The van der Waals surface area contributed by atoms with Gasteiger partial charge in [0.05, 0.1) is 19.2 Å². The smallest absolute Gasteiger partial charge is 0.304 e. The monoisotopic (exact) mass is 432 g/mol. The Kier molecular flexibility index (Phi) is 8.40. The highest BCUT2D eigenvalue weighted by Gasteiger charge is 2.02. The van der Waals surface area contributed by atoms with E-state index in [-0.39, 0.29) is 6.42 Å². The van der Waals surface area contributed by atoms with E-state index in [2.05, 4.69) is 22.6 Å². The van der Waals surface area contributed by atoms with Crippen LogP contribution in [0.2, 0.25) is 0 Å². The molecule has 0 radical (unpaired) electrons. The molecular weight excluding hydrogens is 404 g/mol. The van der Waals surface area contributed by atoms with Crippen molar-refractivity contribution in [2.75, 3.05) is 13.7 Å². The number of nitrogens with one attached hydrogen (secondary N) is 1. The molecule has 0 saturated heterocycles. The van der Waals surface area contributed by atoms with E-state index < -0.39 is 5.97 Å². The van der Waals surface area contributed by atoms with Crippen LogP contribution in [0, 0.1) is 0 Å². The average molecular weight is 433 g/mol. The number of oxime groups is 1. The van der Waals surface area contributed by atoms with Gasteiger partial charge in [-0.1, -0.05) is 65.8 Å². The Balaban J connectivity index is 1.49. The van der Waals surface area contributed by atoms with Crippen LogP contribution in [0.15, 0.2) is 78.0 Å². The number of carbonyl (C=O) groups is 1. The van der Waals surface area contributed by atoms with Crippen molar-refractivity contribution < 1.29 is 19.5 Å². The fourth-order valence-electron chi connectivity index (χ4n) is 3.13. The van der Waals surface area contributed by atoms with Crippen LogP contribution in [0.4, 0.5) is 0 Å². The van der Waals surface area contributed by atoms with E-state index >= 15 is 0 Å². The molecule has 0 spiro atoms. The molecule has 32 heavy (non-hydrogen) atoms. The average Bonchev–Trinajstić information content (AvgIpc) is 2.82. The zero-order chi connectivity index (χ0) is 22.8. The van der Waals surface area contributed by atoms with Gasteiger partial charge in [0, 0.05) is 13.1 Å². The van der Waals surface area contributed by atoms with Gasteiger partial charge in [0.2, 0.25) is 0 Å². The van der Waals surface area contributed by atoms with E-state index in [0.29, 0.717) is 19.7 Å². The van der Waals surface area contributed by atoms with Crippen LogP contribution < -0.4 is 10.1 Å². The second-order valence-corrected chi connectivity index (χ2v) is 7.39. The number of ether oxygens (including phenoxy) is 1. The molecule has 3 aromatic rings. The maximum atomic E-state index is 10.5. The molecule has 0 aliphatic rings. The van der Waals surface area contributed by atoms with Crippen molar-refractivity contribution >= 4 is 11.7 Å². The number of aliphatic carboxylic acids is 1. The first-order chi connectivity index (χ1) is 15.5. The van der Waals surface area contributed by atoms with Crippen molar-refractivity contribution in [3.8, 4) is 16.9 Å². The van der Waals surface area contributed by atoms with E-state index in [0.717, 1.165) is 39.3 Å². The van der Waals surface area contributed by atoms with Crippen molar-refractivity contribution in [3.63, 3.8) is 0 Å². The first-order valence-electron chi connectivity index (χ1n) is 10.5. The molecule has 0 aliphatic carbocycles. The highest BCUT2D eigenvalue weighted by atomic mass is 16.6. The maximum absolute atomic E-state index is 10.5. The fourth-order valence-corrected chi connectivity index (χ4v) is 3.13. The summed E-state index contributed by atoms with van der Waals surface area (Å²) in [5.41, 5.74) is 6.17. The van der Waals surface area contributed by atoms with Gasteiger partial charge in [-0.05, 0) is 46.9 Å². The van der Waals surface area contributed by atoms with Crippen molar-refractivity contribution in [1.82, 2.24) is 5.32 Å². The van der Waals surface area contributed by atoms with Crippen LogP contribution in [0.3, 0.4) is 0 Å². The highest BCUT2D eigenvalue weighted by molar-refractivity contribution is 5.98. The zero-order valence-electron chi connectivity index (χ0n) is 18.4. The molecule has 0 aliphatic heterocycles. The summed E-state index contributed by atoms with van der Waals surface area (Å²) >= 11 is 0. The third-order valence-corrected chi connectivity index (χ3v) is 5.03. The first-order valence-corrected chi connectivity index (χ1v) is 10.5. The molecule has 0 fully saturated rings.